The van der Waals surface area contributed by atoms with Crippen LogP contribution in [-0.2, 0) is 10.8 Å². The Kier molecular flexibility index (Phi) is 9.09. The van der Waals surface area contributed by atoms with Gasteiger partial charge in [0.05, 0.1) is 21.9 Å². The Hall–Kier alpha value is -8.98. The molecule has 0 bridgehead atoms. The van der Waals surface area contributed by atoms with Gasteiger partial charge in [-0.3, -0.25) is 0 Å². The normalized spacial score (nSPS) is 13.9. The Balaban J connectivity index is 0.956. The van der Waals surface area contributed by atoms with E-state index in [1.165, 1.54) is 144 Å². The van der Waals surface area contributed by atoms with Crippen molar-refractivity contribution < 1.29 is 0 Å². The van der Waals surface area contributed by atoms with Gasteiger partial charge in [0.25, 0.3) is 0 Å². The van der Waals surface area contributed by atoms with Gasteiger partial charge in [-0.1, -0.05) is 218 Å². The van der Waals surface area contributed by atoms with Gasteiger partial charge in [0.1, 0.15) is 0 Å². The molecule has 0 saturated carbocycles. The van der Waals surface area contributed by atoms with Crippen molar-refractivity contribution in [2.45, 2.75) is 38.5 Å². The topological polar surface area (TPSA) is 9.86 Å². The second kappa shape index (κ2) is 15.8. The van der Waals surface area contributed by atoms with Crippen LogP contribution in [-0.4, -0.2) is 9.13 Å². The first kappa shape index (κ1) is 42.7. The molecule has 74 heavy (non-hydrogen) atoms. The predicted molar refractivity (Wildman–Crippen MR) is 309 cm³/mol. The van der Waals surface area contributed by atoms with Crippen LogP contribution in [0.3, 0.4) is 0 Å². The standard InChI is InChI=1S/C72H52N2/c1-45-47(3)73(53-33-35-61-59-29-17-19-31-65(59)71(67(61)43-53,49-21-9-5-10-22-49)50-23-11-6-12-24-50)69-55(45)37-39-57-58-40-38-56-46(2)48(4)74(70(56)64(58)42-41-63(57)69)54-34-36-62-60-30-18-20-32-66(60)72(68(62)44-54,51-25-13-7-14-26-51)52-27-15-8-16-28-52/h5-44H,1-4H3. The van der Waals surface area contributed by atoms with Gasteiger partial charge < -0.3 is 9.13 Å². The Labute approximate surface area is 432 Å². The third kappa shape index (κ3) is 5.50. The smallest absolute Gasteiger partial charge is 0.0714 e. The molecule has 0 radical (unpaired) electrons. The summed E-state index contributed by atoms with van der Waals surface area (Å²) in [5, 5.41) is 7.59. The minimum absolute atomic E-state index is 0.488. The molecule has 0 saturated heterocycles. The van der Waals surface area contributed by atoms with Crippen LogP contribution >= 0.6 is 0 Å². The number of aromatic nitrogens is 2. The maximum Gasteiger partial charge on any atom is 0.0714 e. The van der Waals surface area contributed by atoms with Crippen LogP contribution in [0.2, 0.25) is 0 Å². The largest absolute Gasteiger partial charge is 0.313 e. The maximum absolute atomic E-state index is 2.55. The molecule has 2 aliphatic carbocycles. The summed E-state index contributed by atoms with van der Waals surface area (Å²) in [5.74, 6) is 0. The van der Waals surface area contributed by atoms with E-state index in [-0.39, 0.29) is 0 Å². The van der Waals surface area contributed by atoms with Crippen LogP contribution in [0.5, 0.6) is 0 Å². The lowest BCUT2D eigenvalue weighted by atomic mass is 9.67. The fourth-order valence-electron chi connectivity index (χ4n) is 14.1. The van der Waals surface area contributed by atoms with Gasteiger partial charge in [-0.15, -0.1) is 0 Å². The van der Waals surface area contributed by atoms with E-state index in [1.54, 1.807) is 0 Å². The third-order valence-electron chi connectivity index (χ3n) is 17.6. The van der Waals surface area contributed by atoms with E-state index in [2.05, 4.69) is 279 Å². The minimum Gasteiger partial charge on any atom is -0.313 e. The molecule has 0 N–H and O–H groups in total. The van der Waals surface area contributed by atoms with Crippen LogP contribution in [0, 0.1) is 27.7 Å². The maximum atomic E-state index is 2.55. The molecule has 0 aliphatic heterocycles. The Morgan fingerprint density at radius 1 is 0.257 bits per heavy atom. The first-order chi connectivity index (χ1) is 36.4. The summed E-state index contributed by atoms with van der Waals surface area (Å²) in [6.45, 7) is 9.19. The zero-order chi connectivity index (χ0) is 49.5. The predicted octanol–water partition coefficient (Wildman–Crippen LogP) is 17.8. The molecular weight excluding hydrogens is 893 g/mol. The van der Waals surface area contributed by atoms with E-state index in [9.17, 15) is 0 Å². The highest BCUT2D eigenvalue weighted by atomic mass is 15.0. The Morgan fingerprint density at radius 2 is 0.554 bits per heavy atom. The third-order valence-corrected chi connectivity index (χ3v) is 17.6. The molecule has 0 amide bonds. The zero-order valence-electron chi connectivity index (χ0n) is 42.0. The van der Waals surface area contributed by atoms with Crippen LogP contribution in [0.25, 0.3) is 77.0 Å². The van der Waals surface area contributed by atoms with Crippen molar-refractivity contribution in [1.82, 2.24) is 9.13 Å². The van der Waals surface area contributed by atoms with E-state index in [1.807, 2.05) is 0 Å². The lowest BCUT2D eigenvalue weighted by molar-refractivity contribution is 0.767. The number of rotatable bonds is 6. The lowest BCUT2D eigenvalue weighted by Crippen LogP contribution is -2.28. The van der Waals surface area contributed by atoms with Gasteiger partial charge in [-0.2, -0.15) is 0 Å². The molecule has 11 aromatic carbocycles. The minimum atomic E-state index is -0.488. The van der Waals surface area contributed by atoms with Crippen molar-refractivity contribution in [3.8, 4) is 33.6 Å². The molecule has 0 fully saturated rings. The molecule has 2 aliphatic rings. The lowest BCUT2D eigenvalue weighted by Gasteiger charge is -2.34. The van der Waals surface area contributed by atoms with Crippen molar-refractivity contribution in [2.75, 3.05) is 0 Å². The van der Waals surface area contributed by atoms with E-state index in [0.29, 0.717) is 0 Å². The summed E-state index contributed by atoms with van der Waals surface area (Å²) >= 11 is 0. The summed E-state index contributed by atoms with van der Waals surface area (Å²) in [7, 11) is 0. The fraction of sp³-hybridized carbons (Fsp3) is 0.0833. The SMILES string of the molecule is Cc1c(C)n(-c2ccc3c(c2)C(c2ccccc2)(c2ccccc2)c2ccccc2-3)c2c1ccc1c3ccc4c(C)c(C)n(-c5ccc6c(c5)C(c5ccccc5)(c5ccccc5)c5ccccc5-6)c4c3ccc12. The highest BCUT2D eigenvalue weighted by Crippen LogP contribution is 2.58. The van der Waals surface area contributed by atoms with E-state index in [4.69, 9.17) is 0 Å². The molecule has 0 atom stereocenters. The van der Waals surface area contributed by atoms with Gasteiger partial charge in [0.15, 0.2) is 0 Å². The van der Waals surface area contributed by atoms with Gasteiger partial charge in [0, 0.05) is 44.3 Å². The highest BCUT2D eigenvalue weighted by molar-refractivity contribution is 6.22. The van der Waals surface area contributed by atoms with Crippen LogP contribution < -0.4 is 0 Å². The van der Waals surface area contributed by atoms with Gasteiger partial charge >= 0.3 is 0 Å². The number of hydrogen-bond acceptors (Lipinski definition) is 0. The molecular formula is C72H52N2. The summed E-state index contributed by atoms with van der Waals surface area (Å²) in [5.41, 5.74) is 24.5. The first-order valence-electron chi connectivity index (χ1n) is 26.1. The van der Waals surface area contributed by atoms with Crippen molar-refractivity contribution in [3.63, 3.8) is 0 Å². The molecule has 2 heterocycles. The number of hydrogen-bond donors (Lipinski definition) is 0. The average Bonchev–Trinajstić information content (AvgIpc) is 4.16. The summed E-state index contributed by atoms with van der Waals surface area (Å²) in [4.78, 5) is 0. The quantitative estimate of drug-likeness (QED) is 0.147. The molecule has 0 unspecified atom stereocenters. The second-order valence-corrected chi connectivity index (χ2v) is 20.8. The number of benzene rings is 11. The summed E-state index contributed by atoms with van der Waals surface area (Å²) in [6, 6.07) is 91.4. The second-order valence-electron chi connectivity index (χ2n) is 20.8. The zero-order valence-corrected chi connectivity index (χ0v) is 42.0. The Bertz CT molecular complexity index is 4070. The summed E-state index contributed by atoms with van der Waals surface area (Å²) in [6.07, 6.45) is 0. The number of fused-ring (bicyclic) bond motifs is 13. The monoisotopic (exact) mass is 944 g/mol. The van der Waals surface area contributed by atoms with Gasteiger partial charge in [-0.25, -0.2) is 0 Å². The fourth-order valence-corrected chi connectivity index (χ4v) is 14.1. The molecule has 13 aromatic rings. The van der Waals surface area contributed by atoms with Crippen molar-refractivity contribution in [2.24, 2.45) is 0 Å². The Morgan fingerprint density at radius 3 is 0.919 bits per heavy atom. The van der Waals surface area contributed by atoms with Crippen molar-refractivity contribution in [1.29, 1.82) is 0 Å². The van der Waals surface area contributed by atoms with Crippen LogP contribution in [0.1, 0.15) is 67.0 Å². The van der Waals surface area contributed by atoms with E-state index >= 15 is 0 Å². The molecule has 15 rings (SSSR count). The summed E-state index contributed by atoms with van der Waals surface area (Å²) < 4.78 is 5.10. The number of aryl methyl sites for hydroxylation is 2. The average molecular weight is 945 g/mol. The van der Waals surface area contributed by atoms with Gasteiger partial charge in [0.2, 0.25) is 0 Å². The molecule has 2 nitrogen and oxygen atoms in total. The molecule has 350 valence electrons. The van der Waals surface area contributed by atoms with Crippen LogP contribution in [0.4, 0.5) is 0 Å². The van der Waals surface area contributed by atoms with E-state index in [0.717, 1.165) is 0 Å². The van der Waals surface area contributed by atoms with Crippen LogP contribution in [0.15, 0.2) is 243 Å². The number of nitrogens with zero attached hydrogens (tertiary/aromatic N) is 2. The van der Waals surface area contributed by atoms with Crippen molar-refractivity contribution in [3.05, 3.63) is 310 Å². The van der Waals surface area contributed by atoms with Crippen molar-refractivity contribution >= 4 is 43.4 Å². The molecule has 2 aromatic heterocycles. The van der Waals surface area contributed by atoms with Gasteiger partial charge in [-0.05, 0) is 141 Å². The van der Waals surface area contributed by atoms with E-state index < -0.39 is 10.8 Å². The molecule has 0 spiro atoms. The molecule has 2 heteroatoms. The highest BCUT2D eigenvalue weighted by Gasteiger charge is 2.48. The first-order valence-corrected chi connectivity index (χ1v) is 26.1.